The molecule has 0 radical (unpaired) electrons. The van der Waals surface area contributed by atoms with Crippen LogP contribution in [0.5, 0.6) is 0 Å². The number of para-hydroxylation sites is 1. The van der Waals surface area contributed by atoms with Crippen LogP contribution in [0.4, 0.5) is 16.2 Å². The van der Waals surface area contributed by atoms with Crippen LogP contribution in [0.3, 0.4) is 0 Å². The number of pyridine rings is 1. The molecule has 24 heavy (non-hydrogen) atoms. The standard InChI is InChI=1S/C19H22N4O/c24-19-21-18-14-20-10-6-15(18)7-13-23(19)17-8-11-22(12-9-17)16-4-2-1-3-5-16/h1-6,10,14,17H,7-9,11-13H2,(H,21,24). The Morgan fingerprint density at radius 1 is 1.04 bits per heavy atom. The number of aromatic nitrogens is 1. The number of carbonyl (C=O) groups is 1. The molecule has 1 fully saturated rings. The molecule has 1 N–H and O–H groups in total. The summed E-state index contributed by atoms with van der Waals surface area (Å²) in [6.07, 6.45) is 6.44. The van der Waals surface area contributed by atoms with E-state index < -0.39 is 0 Å². The summed E-state index contributed by atoms with van der Waals surface area (Å²) >= 11 is 0. The number of piperidine rings is 1. The molecule has 4 rings (SSSR count). The fraction of sp³-hybridized carbons (Fsp3) is 0.368. The highest BCUT2D eigenvalue weighted by molar-refractivity contribution is 5.91. The maximum Gasteiger partial charge on any atom is 0.322 e. The molecule has 124 valence electrons. The van der Waals surface area contributed by atoms with Crippen LogP contribution in [0.25, 0.3) is 0 Å². The van der Waals surface area contributed by atoms with Crippen LogP contribution in [0, 0.1) is 0 Å². The Morgan fingerprint density at radius 3 is 2.62 bits per heavy atom. The second kappa shape index (κ2) is 6.51. The molecule has 3 heterocycles. The maximum absolute atomic E-state index is 12.6. The van der Waals surface area contributed by atoms with Crippen molar-refractivity contribution in [3.05, 3.63) is 54.4 Å². The Balaban J connectivity index is 1.42. The number of nitrogens with zero attached hydrogens (tertiary/aromatic N) is 3. The van der Waals surface area contributed by atoms with Crippen molar-refractivity contribution >= 4 is 17.4 Å². The summed E-state index contributed by atoms with van der Waals surface area (Å²) in [7, 11) is 0. The largest absolute Gasteiger partial charge is 0.371 e. The van der Waals surface area contributed by atoms with E-state index in [1.165, 1.54) is 11.3 Å². The Bertz CT molecular complexity index is 710. The minimum atomic E-state index is 0.0138. The molecule has 0 atom stereocenters. The van der Waals surface area contributed by atoms with Gasteiger partial charge in [0.05, 0.1) is 11.9 Å². The molecule has 5 nitrogen and oxygen atoms in total. The van der Waals surface area contributed by atoms with Crippen molar-refractivity contribution < 1.29 is 4.79 Å². The Hall–Kier alpha value is -2.56. The first-order valence-electron chi connectivity index (χ1n) is 8.62. The first kappa shape index (κ1) is 15.0. The smallest absolute Gasteiger partial charge is 0.322 e. The van der Waals surface area contributed by atoms with E-state index in [9.17, 15) is 4.79 Å². The van der Waals surface area contributed by atoms with E-state index in [0.29, 0.717) is 6.04 Å². The molecule has 2 aromatic rings. The number of hydrogen-bond donors (Lipinski definition) is 1. The van der Waals surface area contributed by atoms with Gasteiger partial charge in [0.1, 0.15) is 0 Å². The van der Waals surface area contributed by atoms with Crippen LogP contribution in [0.15, 0.2) is 48.8 Å². The van der Waals surface area contributed by atoms with Crippen molar-refractivity contribution in [1.29, 1.82) is 0 Å². The van der Waals surface area contributed by atoms with Crippen molar-refractivity contribution in [2.75, 3.05) is 29.9 Å². The first-order valence-corrected chi connectivity index (χ1v) is 8.62. The van der Waals surface area contributed by atoms with Crippen molar-refractivity contribution in [3.63, 3.8) is 0 Å². The molecule has 1 aromatic heterocycles. The maximum atomic E-state index is 12.6. The minimum Gasteiger partial charge on any atom is -0.371 e. The van der Waals surface area contributed by atoms with E-state index in [0.717, 1.165) is 44.6 Å². The topological polar surface area (TPSA) is 48.5 Å². The summed E-state index contributed by atoms with van der Waals surface area (Å²) < 4.78 is 0. The fourth-order valence-electron chi connectivity index (χ4n) is 3.71. The molecule has 0 saturated carbocycles. The van der Waals surface area contributed by atoms with E-state index in [1.807, 2.05) is 17.0 Å². The van der Waals surface area contributed by atoms with E-state index in [1.54, 1.807) is 12.4 Å². The van der Waals surface area contributed by atoms with Gasteiger partial charge in [0.25, 0.3) is 0 Å². The normalized spacial score (nSPS) is 18.8. The minimum absolute atomic E-state index is 0.0138. The lowest BCUT2D eigenvalue weighted by atomic mass is 10.0. The lowest BCUT2D eigenvalue weighted by Gasteiger charge is -2.38. The van der Waals surface area contributed by atoms with Gasteiger partial charge < -0.3 is 15.1 Å². The van der Waals surface area contributed by atoms with Crippen molar-refractivity contribution in [2.45, 2.75) is 25.3 Å². The Labute approximate surface area is 142 Å². The Kier molecular flexibility index (Phi) is 4.07. The summed E-state index contributed by atoms with van der Waals surface area (Å²) in [4.78, 5) is 21.1. The van der Waals surface area contributed by atoms with Gasteiger partial charge in [-0.3, -0.25) is 4.98 Å². The predicted molar refractivity (Wildman–Crippen MR) is 95.3 cm³/mol. The molecule has 0 aliphatic carbocycles. The number of anilines is 2. The van der Waals surface area contributed by atoms with Crippen LogP contribution in [-0.2, 0) is 6.42 Å². The number of amides is 2. The van der Waals surface area contributed by atoms with Crippen molar-refractivity contribution in [1.82, 2.24) is 9.88 Å². The molecule has 1 aromatic carbocycles. The van der Waals surface area contributed by atoms with E-state index in [4.69, 9.17) is 0 Å². The van der Waals surface area contributed by atoms with E-state index in [-0.39, 0.29) is 6.03 Å². The van der Waals surface area contributed by atoms with Crippen molar-refractivity contribution in [3.8, 4) is 0 Å². The van der Waals surface area contributed by atoms with Gasteiger partial charge in [0.15, 0.2) is 0 Å². The number of urea groups is 1. The van der Waals surface area contributed by atoms with Gasteiger partial charge in [-0.05, 0) is 43.0 Å². The van der Waals surface area contributed by atoms with Crippen LogP contribution in [0.1, 0.15) is 18.4 Å². The van der Waals surface area contributed by atoms with Crippen molar-refractivity contribution in [2.24, 2.45) is 0 Å². The molecule has 2 amide bonds. The third kappa shape index (κ3) is 2.94. The molecule has 1 saturated heterocycles. The Morgan fingerprint density at radius 2 is 1.83 bits per heavy atom. The quantitative estimate of drug-likeness (QED) is 0.924. The third-order valence-corrected chi connectivity index (χ3v) is 5.06. The van der Waals surface area contributed by atoms with Gasteiger partial charge in [0.2, 0.25) is 0 Å². The number of fused-ring (bicyclic) bond motifs is 1. The lowest BCUT2D eigenvalue weighted by Crippen LogP contribution is -2.48. The molecular formula is C19H22N4O. The van der Waals surface area contributed by atoms with E-state index in [2.05, 4.69) is 39.5 Å². The first-order chi connectivity index (χ1) is 11.8. The molecule has 5 heteroatoms. The summed E-state index contributed by atoms with van der Waals surface area (Å²) in [6.45, 7) is 2.76. The zero-order valence-corrected chi connectivity index (χ0v) is 13.7. The number of rotatable bonds is 2. The van der Waals surface area contributed by atoms with Crippen LogP contribution < -0.4 is 10.2 Å². The second-order valence-electron chi connectivity index (χ2n) is 6.46. The third-order valence-electron chi connectivity index (χ3n) is 5.06. The average molecular weight is 322 g/mol. The van der Waals surface area contributed by atoms with Gasteiger partial charge in [-0.1, -0.05) is 18.2 Å². The molecule has 0 spiro atoms. The highest BCUT2D eigenvalue weighted by Gasteiger charge is 2.30. The molecule has 2 aliphatic heterocycles. The number of benzene rings is 1. The predicted octanol–water partition coefficient (Wildman–Crippen LogP) is 3.14. The SMILES string of the molecule is O=C1Nc2cnccc2CCN1C1CCN(c2ccccc2)CC1. The number of nitrogens with one attached hydrogen (secondary N) is 1. The highest BCUT2D eigenvalue weighted by Crippen LogP contribution is 2.25. The number of hydrogen-bond acceptors (Lipinski definition) is 3. The molecule has 0 unspecified atom stereocenters. The lowest BCUT2D eigenvalue weighted by molar-refractivity contribution is 0.177. The average Bonchev–Trinajstić information content (AvgIpc) is 2.81. The zero-order chi connectivity index (χ0) is 16.4. The molecular weight excluding hydrogens is 300 g/mol. The summed E-state index contributed by atoms with van der Waals surface area (Å²) in [6, 6.07) is 12.8. The molecule has 2 aliphatic rings. The molecule has 0 bridgehead atoms. The van der Waals surface area contributed by atoms with Gasteiger partial charge in [0, 0.05) is 37.6 Å². The highest BCUT2D eigenvalue weighted by atomic mass is 16.2. The van der Waals surface area contributed by atoms with Gasteiger partial charge in [-0.25, -0.2) is 4.79 Å². The van der Waals surface area contributed by atoms with Gasteiger partial charge in [-0.2, -0.15) is 0 Å². The van der Waals surface area contributed by atoms with Gasteiger partial charge >= 0.3 is 6.03 Å². The van der Waals surface area contributed by atoms with Crippen LogP contribution in [0.2, 0.25) is 0 Å². The number of carbonyl (C=O) groups excluding carboxylic acids is 1. The van der Waals surface area contributed by atoms with Crippen LogP contribution in [-0.4, -0.2) is 41.6 Å². The summed E-state index contributed by atoms with van der Waals surface area (Å²) in [5.41, 5.74) is 3.30. The zero-order valence-electron chi connectivity index (χ0n) is 13.7. The fourth-order valence-corrected chi connectivity index (χ4v) is 3.71. The summed E-state index contributed by atoms with van der Waals surface area (Å²) in [5, 5.41) is 3.02. The summed E-state index contributed by atoms with van der Waals surface area (Å²) in [5.74, 6) is 0. The van der Waals surface area contributed by atoms with Crippen LogP contribution >= 0.6 is 0 Å². The monoisotopic (exact) mass is 322 g/mol. The second-order valence-corrected chi connectivity index (χ2v) is 6.46. The van der Waals surface area contributed by atoms with E-state index >= 15 is 0 Å². The van der Waals surface area contributed by atoms with Gasteiger partial charge in [-0.15, -0.1) is 0 Å².